The van der Waals surface area contributed by atoms with Crippen molar-refractivity contribution in [2.45, 2.75) is 6.04 Å². The number of nitro benzene ring substituents is 1. The second kappa shape index (κ2) is 7.59. The van der Waals surface area contributed by atoms with Gasteiger partial charge >= 0.3 is 0 Å². The van der Waals surface area contributed by atoms with Crippen molar-refractivity contribution in [3.63, 3.8) is 0 Å². The topological polar surface area (TPSA) is 114 Å². The molecule has 148 valence electrons. The molecule has 3 aromatic rings. The number of aromatic nitrogens is 1. The number of rotatable bonds is 4. The van der Waals surface area contributed by atoms with Crippen LogP contribution in [0.5, 0.6) is 0 Å². The number of hydrogen-bond acceptors (Lipinski definition) is 6. The number of ketones is 1. The maximum Gasteiger partial charge on any atom is 0.300 e. The van der Waals surface area contributed by atoms with Crippen LogP contribution in [0, 0.1) is 10.1 Å². The van der Waals surface area contributed by atoms with Gasteiger partial charge in [0.15, 0.2) is 5.76 Å². The number of carbonyl (C=O) groups is 2. The molecule has 1 N–H and O–H groups in total. The largest absolute Gasteiger partial charge is 0.505 e. The molecule has 0 saturated carbocycles. The number of aliphatic hydroxyl groups is 1. The molecular weight excluding hydrogens is 386 g/mol. The molecule has 0 spiro atoms. The molecule has 2 heterocycles. The number of benzene rings is 2. The molecule has 4 rings (SSSR count). The molecule has 1 saturated heterocycles. The number of nitrogens with zero attached hydrogens (tertiary/aromatic N) is 3. The zero-order valence-electron chi connectivity index (χ0n) is 15.5. The summed E-state index contributed by atoms with van der Waals surface area (Å²) in [6.07, 6.45) is 1.46. The quantitative estimate of drug-likeness (QED) is 0.235. The highest BCUT2D eigenvalue weighted by Crippen LogP contribution is 2.42. The van der Waals surface area contributed by atoms with Crippen molar-refractivity contribution < 1.29 is 19.6 Å². The maximum atomic E-state index is 12.9. The second-order valence-corrected chi connectivity index (χ2v) is 6.57. The SMILES string of the molecule is O=C1C(=O)N(c2ccccc2)C(c2ccc([N+](=O)[O-])cc2)/C1=C(/O)c1ccccn1. The van der Waals surface area contributed by atoms with Crippen molar-refractivity contribution in [1.29, 1.82) is 0 Å². The first kappa shape index (κ1) is 19.0. The Morgan fingerprint density at radius 1 is 0.967 bits per heavy atom. The highest BCUT2D eigenvalue weighted by atomic mass is 16.6. The van der Waals surface area contributed by atoms with Crippen LogP contribution in [0.15, 0.2) is 84.6 Å². The van der Waals surface area contributed by atoms with Gasteiger partial charge in [-0.1, -0.05) is 24.3 Å². The predicted molar refractivity (Wildman–Crippen MR) is 109 cm³/mol. The van der Waals surface area contributed by atoms with Crippen LogP contribution in [0.3, 0.4) is 0 Å². The number of non-ortho nitro benzene ring substituents is 1. The number of aliphatic hydroxyl groups excluding tert-OH is 1. The number of pyridine rings is 1. The zero-order valence-corrected chi connectivity index (χ0v) is 15.5. The van der Waals surface area contributed by atoms with E-state index in [9.17, 15) is 24.8 Å². The van der Waals surface area contributed by atoms with Gasteiger partial charge in [-0.2, -0.15) is 0 Å². The number of para-hydroxylation sites is 1. The van der Waals surface area contributed by atoms with E-state index in [0.29, 0.717) is 11.3 Å². The summed E-state index contributed by atoms with van der Waals surface area (Å²) in [6.45, 7) is 0. The second-order valence-electron chi connectivity index (χ2n) is 6.57. The summed E-state index contributed by atoms with van der Waals surface area (Å²) in [4.78, 5) is 41.6. The molecule has 2 aromatic carbocycles. The molecule has 0 radical (unpaired) electrons. The third-order valence-corrected chi connectivity index (χ3v) is 4.81. The number of nitro groups is 1. The first-order valence-electron chi connectivity index (χ1n) is 9.01. The Labute approximate surface area is 170 Å². The lowest BCUT2D eigenvalue weighted by molar-refractivity contribution is -0.384. The average molecular weight is 401 g/mol. The van der Waals surface area contributed by atoms with Crippen LogP contribution >= 0.6 is 0 Å². The van der Waals surface area contributed by atoms with Crippen LogP contribution in [-0.4, -0.2) is 26.7 Å². The van der Waals surface area contributed by atoms with Gasteiger partial charge in [0, 0.05) is 24.0 Å². The summed E-state index contributed by atoms with van der Waals surface area (Å²) >= 11 is 0. The van der Waals surface area contributed by atoms with Crippen LogP contribution in [0.25, 0.3) is 5.76 Å². The zero-order chi connectivity index (χ0) is 21.3. The predicted octanol–water partition coefficient (Wildman–Crippen LogP) is 3.62. The van der Waals surface area contributed by atoms with Gasteiger partial charge in [0.2, 0.25) is 0 Å². The number of anilines is 1. The lowest BCUT2D eigenvalue weighted by atomic mass is 9.96. The van der Waals surface area contributed by atoms with Crippen molar-refractivity contribution in [2.24, 2.45) is 0 Å². The molecule has 8 nitrogen and oxygen atoms in total. The summed E-state index contributed by atoms with van der Waals surface area (Å²) in [5, 5.41) is 21.9. The first-order chi connectivity index (χ1) is 14.5. The van der Waals surface area contributed by atoms with E-state index in [2.05, 4.69) is 4.98 Å². The Bertz CT molecular complexity index is 1160. The van der Waals surface area contributed by atoms with E-state index in [1.165, 1.54) is 41.4 Å². The molecule has 1 aliphatic heterocycles. The number of amides is 1. The van der Waals surface area contributed by atoms with Crippen LogP contribution in [0.2, 0.25) is 0 Å². The fraction of sp³-hybridized carbons (Fsp3) is 0.0455. The normalized spacial score (nSPS) is 17.9. The Kier molecular flexibility index (Phi) is 4.81. The van der Waals surface area contributed by atoms with Crippen LogP contribution in [0.4, 0.5) is 11.4 Å². The van der Waals surface area contributed by atoms with Gasteiger partial charge in [-0.15, -0.1) is 0 Å². The summed E-state index contributed by atoms with van der Waals surface area (Å²) < 4.78 is 0. The monoisotopic (exact) mass is 401 g/mol. The maximum absolute atomic E-state index is 12.9. The Morgan fingerprint density at radius 2 is 1.63 bits per heavy atom. The van der Waals surface area contributed by atoms with Crippen molar-refractivity contribution in [3.05, 3.63) is 106 Å². The van der Waals surface area contributed by atoms with Crippen LogP contribution < -0.4 is 4.90 Å². The van der Waals surface area contributed by atoms with E-state index < -0.39 is 28.4 Å². The molecule has 1 fully saturated rings. The molecule has 1 aliphatic rings. The van der Waals surface area contributed by atoms with Gasteiger partial charge in [0.25, 0.3) is 17.4 Å². The highest BCUT2D eigenvalue weighted by molar-refractivity contribution is 6.51. The van der Waals surface area contributed by atoms with Gasteiger partial charge < -0.3 is 5.11 Å². The standard InChI is InChI=1S/C22H15N3O5/c26-20(17-8-4-5-13-23-17)18-19(14-9-11-16(12-10-14)25(29)30)24(22(28)21(18)27)15-6-2-1-3-7-15/h1-13,19,26H/b20-18-. The van der Waals surface area contributed by atoms with Gasteiger partial charge in [0.05, 0.1) is 16.5 Å². The fourth-order valence-electron chi connectivity index (χ4n) is 3.42. The minimum Gasteiger partial charge on any atom is -0.505 e. The average Bonchev–Trinajstić information content (AvgIpc) is 3.05. The molecule has 30 heavy (non-hydrogen) atoms. The number of carbonyl (C=O) groups excluding carboxylic acids is 2. The van der Waals surface area contributed by atoms with Gasteiger partial charge in [-0.05, 0) is 42.0 Å². The molecule has 1 unspecified atom stereocenters. The third kappa shape index (κ3) is 3.20. The fourth-order valence-corrected chi connectivity index (χ4v) is 3.42. The lowest BCUT2D eigenvalue weighted by Crippen LogP contribution is -2.29. The van der Waals surface area contributed by atoms with E-state index >= 15 is 0 Å². The Hall–Kier alpha value is -4.33. The van der Waals surface area contributed by atoms with Crippen LogP contribution in [0.1, 0.15) is 17.3 Å². The minimum absolute atomic E-state index is 0.125. The molecule has 8 heteroatoms. The van der Waals surface area contributed by atoms with Gasteiger partial charge in [-0.25, -0.2) is 0 Å². The smallest absolute Gasteiger partial charge is 0.300 e. The van der Waals surface area contributed by atoms with Crippen molar-refractivity contribution in [1.82, 2.24) is 4.98 Å². The Balaban J connectivity index is 1.93. The molecule has 0 bridgehead atoms. The minimum atomic E-state index is -0.963. The summed E-state index contributed by atoms with van der Waals surface area (Å²) in [5.74, 6) is -2.07. The van der Waals surface area contributed by atoms with Crippen molar-refractivity contribution in [3.8, 4) is 0 Å². The van der Waals surface area contributed by atoms with Crippen molar-refractivity contribution in [2.75, 3.05) is 4.90 Å². The lowest BCUT2D eigenvalue weighted by Gasteiger charge is -2.25. The van der Waals surface area contributed by atoms with E-state index in [0.717, 1.165) is 0 Å². The highest BCUT2D eigenvalue weighted by Gasteiger charge is 2.47. The van der Waals surface area contributed by atoms with E-state index in [-0.39, 0.29) is 17.0 Å². The van der Waals surface area contributed by atoms with Gasteiger partial charge in [0.1, 0.15) is 5.69 Å². The number of hydrogen-bond donors (Lipinski definition) is 1. The molecule has 1 atom stereocenters. The molecule has 0 aliphatic carbocycles. The first-order valence-corrected chi connectivity index (χ1v) is 9.01. The van der Waals surface area contributed by atoms with E-state index in [1.54, 1.807) is 42.5 Å². The number of Topliss-reactive ketones (excluding diaryl/α,β-unsaturated/α-hetero) is 1. The third-order valence-electron chi connectivity index (χ3n) is 4.81. The molecule has 1 amide bonds. The Morgan fingerprint density at radius 3 is 2.23 bits per heavy atom. The summed E-state index contributed by atoms with van der Waals surface area (Å²) in [7, 11) is 0. The summed E-state index contributed by atoms with van der Waals surface area (Å²) in [6, 6.07) is 18.0. The van der Waals surface area contributed by atoms with Gasteiger partial charge in [-0.3, -0.25) is 29.6 Å². The molecule has 1 aromatic heterocycles. The summed E-state index contributed by atoms with van der Waals surface area (Å²) in [5.41, 5.74) is 0.802. The van der Waals surface area contributed by atoms with E-state index in [4.69, 9.17) is 0 Å². The molecular formula is C22H15N3O5. The van der Waals surface area contributed by atoms with Crippen LogP contribution in [-0.2, 0) is 9.59 Å². The van der Waals surface area contributed by atoms with Crippen molar-refractivity contribution >= 4 is 28.8 Å². The van der Waals surface area contributed by atoms with E-state index in [1.807, 2.05) is 0 Å².